The Morgan fingerprint density at radius 2 is 1.84 bits per heavy atom. The number of anilines is 1. The second-order valence-corrected chi connectivity index (χ2v) is 14.5. The average molecular weight is 683 g/mol. The molecule has 1 heterocycles. The van der Waals surface area contributed by atoms with Crippen molar-refractivity contribution in [3.05, 3.63) is 47.5 Å². The second-order valence-electron chi connectivity index (χ2n) is 14.5. The maximum atomic E-state index is 14.2. The third-order valence-electron chi connectivity index (χ3n) is 11.5. The van der Waals surface area contributed by atoms with Gasteiger partial charge in [0, 0.05) is 54.5 Å². The standard InChI is InChI=1S/C37H54N4O8/c1-21-29-17-26(37(29,3)4)18-30(21)39-36(47)33-32(22(2)45)31(20-44)49-41(33)19-23-8-7-9-28(34(23)48-6)24-14-25(35(46)38-5)16-27(15-24)40(10-12-42)11-13-43/h7-9,14-16,21-22,26,29-33,42-45H,10-13,17-20H2,1-6H3,(H,38,46)(H,39,47)/t21-,22-,26+,29-,30-,31-,32+,33?/m0/s1. The third-order valence-corrected chi connectivity index (χ3v) is 11.5. The van der Waals surface area contributed by atoms with Crippen molar-refractivity contribution in [3.8, 4) is 16.9 Å². The van der Waals surface area contributed by atoms with Gasteiger partial charge in [-0.1, -0.05) is 39.0 Å². The number of aliphatic hydroxyl groups excluding tert-OH is 4. The minimum atomic E-state index is -0.922. The summed E-state index contributed by atoms with van der Waals surface area (Å²) < 4.78 is 5.98. The van der Waals surface area contributed by atoms with Gasteiger partial charge in [-0.2, -0.15) is 5.06 Å². The molecule has 6 rings (SSSR count). The predicted molar refractivity (Wildman–Crippen MR) is 186 cm³/mol. The molecule has 8 atom stereocenters. The summed E-state index contributed by atoms with van der Waals surface area (Å²) in [6.45, 7) is 8.49. The molecular formula is C37H54N4O8. The summed E-state index contributed by atoms with van der Waals surface area (Å²) in [5.41, 5.74) is 3.37. The Morgan fingerprint density at radius 1 is 1.12 bits per heavy atom. The number of nitrogens with zero attached hydrogens (tertiary/aromatic N) is 2. The molecule has 1 saturated heterocycles. The highest BCUT2D eigenvalue weighted by Crippen LogP contribution is 2.61. The monoisotopic (exact) mass is 682 g/mol. The zero-order valence-electron chi connectivity index (χ0n) is 29.6. The van der Waals surface area contributed by atoms with Crippen molar-refractivity contribution in [2.24, 2.45) is 29.1 Å². The number of hydroxylamine groups is 2. The molecule has 6 N–H and O–H groups in total. The lowest BCUT2D eigenvalue weighted by atomic mass is 9.45. The number of para-hydroxylation sites is 1. The smallest absolute Gasteiger partial charge is 0.251 e. The summed E-state index contributed by atoms with van der Waals surface area (Å²) in [7, 11) is 3.10. The van der Waals surface area contributed by atoms with Gasteiger partial charge in [0.25, 0.3) is 5.91 Å². The van der Waals surface area contributed by atoms with Crippen molar-refractivity contribution in [1.82, 2.24) is 15.7 Å². The SMILES string of the molecule is CNC(=O)c1cc(-c2cccc(CN3O[C@@H](CO)[C@@H]([C@H](C)O)C3C(=O)N[C@H]3C[C@H]4C[C@@H]([C@@H]3C)C4(C)C)c2OC)cc(N(CCO)CCO)c1. The Hall–Kier alpha value is -3.26. The molecule has 0 spiro atoms. The van der Waals surface area contributed by atoms with E-state index in [9.17, 15) is 30.0 Å². The molecule has 3 aliphatic carbocycles. The fourth-order valence-electron chi connectivity index (χ4n) is 8.67. The number of carbonyl (C=O) groups excluding carboxylic acids is 2. The number of ether oxygens (including phenoxy) is 1. The number of nitrogens with one attached hydrogen (secondary N) is 2. The lowest BCUT2D eigenvalue weighted by Crippen LogP contribution is -2.62. The molecule has 270 valence electrons. The lowest BCUT2D eigenvalue weighted by molar-refractivity contribution is -0.183. The van der Waals surface area contributed by atoms with Crippen LogP contribution in [0, 0.1) is 29.1 Å². The summed E-state index contributed by atoms with van der Waals surface area (Å²) >= 11 is 0. The van der Waals surface area contributed by atoms with Crippen LogP contribution in [0.25, 0.3) is 11.1 Å². The van der Waals surface area contributed by atoms with Crippen molar-refractivity contribution in [3.63, 3.8) is 0 Å². The van der Waals surface area contributed by atoms with Gasteiger partial charge in [-0.25, -0.2) is 0 Å². The van der Waals surface area contributed by atoms with Crippen LogP contribution in [-0.2, 0) is 16.2 Å². The number of carbonyl (C=O) groups is 2. The first-order valence-corrected chi connectivity index (χ1v) is 17.4. The Morgan fingerprint density at radius 3 is 2.41 bits per heavy atom. The van der Waals surface area contributed by atoms with E-state index in [4.69, 9.17) is 9.57 Å². The van der Waals surface area contributed by atoms with Gasteiger partial charge in [0.05, 0.1) is 39.6 Å². The first-order valence-electron chi connectivity index (χ1n) is 17.4. The zero-order valence-corrected chi connectivity index (χ0v) is 29.6. The van der Waals surface area contributed by atoms with Crippen molar-refractivity contribution < 1.29 is 39.6 Å². The minimum absolute atomic E-state index is 0.0184. The van der Waals surface area contributed by atoms with Crippen LogP contribution in [0.1, 0.15) is 56.5 Å². The maximum Gasteiger partial charge on any atom is 0.251 e. The molecule has 1 aliphatic heterocycles. The highest BCUT2D eigenvalue weighted by molar-refractivity contribution is 5.97. The van der Waals surface area contributed by atoms with Crippen molar-refractivity contribution >= 4 is 17.5 Å². The number of hydrogen-bond acceptors (Lipinski definition) is 10. The quantitative estimate of drug-likeness (QED) is 0.174. The van der Waals surface area contributed by atoms with E-state index in [-0.39, 0.29) is 62.7 Å². The summed E-state index contributed by atoms with van der Waals surface area (Å²) in [6.07, 6.45) is 0.395. The number of hydrogen-bond donors (Lipinski definition) is 6. The average Bonchev–Trinajstić information content (AvgIpc) is 3.46. The van der Waals surface area contributed by atoms with E-state index in [2.05, 4.69) is 31.4 Å². The molecule has 49 heavy (non-hydrogen) atoms. The van der Waals surface area contributed by atoms with Crippen molar-refractivity contribution in [2.45, 2.75) is 71.4 Å². The van der Waals surface area contributed by atoms with Gasteiger partial charge in [0.2, 0.25) is 5.91 Å². The van der Waals surface area contributed by atoms with Gasteiger partial charge < -0.3 is 40.7 Å². The zero-order chi connectivity index (χ0) is 35.6. The topological polar surface area (TPSA) is 164 Å². The van der Waals surface area contributed by atoms with Gasteiger partial charge in [-0.3, -0.25) is 14.4 Å². The van der Waals surface area contributed by atoms with Crippen LogP contribution in [0.15, 0.2) is 36.4 Å². The number of methoxy groups -OCH3 is 1. The van der Waals surface area contributed by atoms with Crippen LogP contribution < -0.4 is 20.3 Å². The molecule has 0 radical (unpaired) electrons. The number of rotatable bonds is 14. The van der Waals surface area contributed by atoms with E-state index < -0.39 is 24.2 Å². The molecule has 1 unspecified atom stereocenters. The third kappa shape index (κ3) is 7.17. The van der Waals surface area contributed by atoms with E-state index in [1.807, 2.05) is 24.3 Å². The van der Waals surface area contributed by atoms with Gasteiger partial charge >= 0.3 is 0 Å². The van der Waals surface area contributed by atoms with Crippen LogP contribution in [0.2, 0.25) is 0 Å². The molecule has 2 aromatic carbocycles. The van der Waals surface area contributed by atoms with Crippen LogP contribution in [0.5, 0.6) is 5.75 Å². The fraction of sp³-hybridized carbons (Fsp3) is 0.622. The summed E-state index contributed by atoms with van der Waals surface area (Å²) in [5, 5.41) is 48.1. The van der Waals surface area contributed by atoms with Gasteiger partial charge in [-0.15, -0.1) is 0 Å². The van der Waals surface area contributed by atoms with Gasteiger partial charge in [0.15, 0.2) is 0 Å². The Balaban J connectivity index is 1.48. The fourth-order valence-corrected chi connectivity index (χ4v) is 8.67. The molecule has 0 aromatic heterocycles. The highest BCUT2D eigenvalue weighted by Gasteiger charge is 2.57. The molecule has 12 nitrogen and oxygen atoms in total. The van der Waals surface area contributed by atoms with Gasteiger partial charge in [-0.05, 0) is 66.7 Å². The van der Waals surface area contributed by atoms with Crippen LogP contribution in [0.3, 0.4) is 0 Å². The largest absolute Gasteiger partial charge is 0.496 e. The summed E-state index contributed by atoms with van der Waals surface area (Å²) in [6, 6.07) is 10.1. The Kier molecular flexibility index (Phi) is 11.6. The molecule has 2 bridgehead atoms. The van der Waals surface area contributed by atoms with E-state index in [1.54, 1.807) is 43.2 Å². The lowest BCUT2D eigenvalue weighted by Gasteiger charge is -2.62. The minimum Gasteiger partial charge on any atom is -0.496 e. The predicted octanol–water partition coefficient (Wildman–Crippen LogP) is 2.17. The van der Waals surface area contributed by atoms with E-state index >= 15 is 0 Å². The molecule has 4 fully saturated rings. The first kappa shape index (κ1) is 37.0. The van der Waals surface area contributed by atoms with E-state index in [0.717, 1.165) is 6.42 Å². The molecule has 3 saturated carbocycles. The normalized spacial score (nSPS) is 28.0. The number of benzene rings is 2. The van der Waals surface area contributed by atoms with Crippen molar-refractivity contribution in [2.75, 3.05) is 52.0 Å². The van der Waals surface area contributed by atoms with Gasteiger partial charge in [0.1, 0.15) is 17.9 Å². The van der Waals surface area contributed by atoms with E-state index in [1.165, 1.54) is 6.42 Å². The Bertz CT molecular complexity index is 1480. The first-order chi connectivity index (χ1) is 23.4. The number of amides is 2. The van der Waals surface area contributed by atoms with Crippen LogP contribution in [-0.4, -0.2) is 109 Å². The van der Waals surface area contributed by atoms with Crippen LogP contribution >= 0.6 is 0 Å². The second kappa shape index (κ2) is 15.3. The Labute approximate surface area is 289 Å². The molecule has 2 aromatic rings. The molecule has 12 heteroatoms. The highest BCUT2D eigenvalue weighted by atomic mass is 16.7. The van der Waals surface area contributed by atoms with Crippen molar-refractivity contribution in [1.29, 1.82) is 0 Å². The number of fused-ring (bicyclic) bond motifs is 2. The molecular weight excluding hydrogens is 628 g/mol. The number of aliphatic hydroxyl groups is 4. The molecule has 4 aliphatic rings. The maximum absolute atomic E-state index is 14.2. The van der Waals surface area contributed by atoms with Crippen LogP contribution in [0.4, 0.5) is 5.69 Å². The van der Waals surface area contributed by atoms with E-state index in [0.29, 0.717) is 51.4 Å². The summed E-state index contributed by atoms with van der Waals surface area (Å²) in [4.78, 5) is 35.0. The molecule has 2 amide bonds. The summed E-state index contributed by atoms with van der Waals surface area (Å²) in [5.74, 6) is 0.726.